The third-order valence-corrected chi connectivity index (χ3v) is 4.46. The van der Waals surface area contributed by atoms with E-state index in [1.165, 1.54) is 0 Å². The van der Waals surface area contributed by atoms with Gasteiger partial charge in [0.25, 0.3) is 5.91 Å². The molecule has 0 spiro atoms. The second-order valence-corrected chi connectivity index (χ2v) is 6.50. The highest BCUT2D eigenvalue weighted by Crippen LogP contribution is 2.30. The van der Waals surface area contributed by atoms with E-state index in [4.69, 9.17) is 4.74 Å². The first kappa shape index (κ1) is 18.8. The molecule has 27 heavy (non-hydrogen) atoms. The average molecular weight is 367 g/mol. The Morgan fingerprint density at radius 3 is 2.67 bits per heavy atom. The number of hydrogen-bond acceptors (Lipinski definition) is 3. The number of amides is 3. The van der Waals surface area contributed by atoms with E-state index < -0.39 is 6.10 Å². The first-order valence-electron chi connectivity index (χ1n) is 9.27. The maximum Gasteiger partial charge on any atom is 0.319 e. The number of hydrogen-bond donors (Lipinski definition) is 2. The summed E-state index contributed by atoms with van der Waals surface area (Å²) in [4.78, 5) is 26.5. The fraction of sp³-hybridized carbons (Fsp3) is 0.333. The van der Waals surface area contributed by atoms with Crippen molar-refractivity contribution in [3.63, 3.8) is 0 Å². The average Bonchev–Trinajstić information content (AvgIpc) is 2.79. The minimum absolute atomic E-state index is 0.0178. The first-order chi connectivity index (χ1) is 13.1. The Labute approximate surface area is 159 Å². The van der Waals surface area contributed by atoms with Gasteiger partial charge in [0.05, 0.1) is 0 Å². The summed E-state index contributed by atoms with van der Waals surface area (Å²) < 4.78 is 5.97. The molecule has 2 N–H and O–H groups in total. The second kappa shape index (κ2) is 8.58. The number of anilines is 1. The van der Waals surface area contributed by atoms with Gasteiger partial charge in [-0.1, -0.05) is 37.3 Å². The number of carbonyl (C=O) groups excluding carboxylic acids is 2. The van der Waals surface area contributed by atoms with Crippen molar-refractivity contribution in [3.8, 4) is 5.75 Å². The van der Waals surface area contributed by atoms with Gasteiger partial charge >= 0.3 is 6.03 Å². The fourth-order valence-electron chi connectivity index (χ4n) is 3.12. The molecule has 3 rings (SSSR count). The lowest BCUT2D eigenvalue weighted by Crippen LogP contribution is -2.38. The largest absolute Gasteiger partial charge is 0.480 e. The van der Waals surface area contributed by atoms with Crippen LogP contribution in [-0.4, -0.2) is 29.5 Å². The van der Waals surface area contributed by atoms with Gasteiger partial charge in [-0.3, -0.25) is 4.79 Å². The van der Waals surface area contributed by atoms with Crippen LogP contribution in [0.25, 0.3) is 0 Å². The molecule has 2 aromatic rings. The van der Waals surface area contributed by atoms with E-state index in [-0.39, 0.29) is 11.9 Å². The number of nitrogens with one attached hydrogen (secondary N) is 2. The summed E-state index contributed by atoms with van der Waals surface area (Å²) in [6.45, 7) is 5.32. The fourth-order valence-corrected chi connectivity index (χ4v) is 3.12. The van der Waals surface area contributed by atoms with Crippen LogP contribution in [0.15, 0.2) is 48.5 Å². The highest BCUT2D eigenvalue weighted by molar-refractivity contribution is 5.89. The van der Waals surface area contributed by atoms with Gasteiger partial charge in [0.2, 0.25) is 0 Å². The standard InChI is InChI=1S/C21H25N3O3/c1-3-18-20(25)24(13-15-8-6-5-7-9-15)14-16-12-17(10-11-19(16)27-18)23-21(26)22-4-2/h5-12,18H,3-4,13-14H2,1-2H3,(H2,22,23,26). The number of nitrogens with zero attached hydrogens (tertiary/aromatic N) is 1. The van der Waals surface area contributed by atoms with Crippen molar-refractivity contribution in [2.75, 3.05) is 11.9 Å². The van der Waals surface area contributed by atoms with Crippen LogP contribution in [0.5, 0.6) is 5.75 Å². The van der Waals surface area contributed by atoms with Crippen LogP contribution in [0.1, 0.15) is 31.4 Å². The summed E-state index contributed by atoms with van der Waals surface area (Å²) in [7, 11) is 0. The van der Waals surface area contributed by atoms with Crippen LogP contribution in [0.3, 0.4) is 0 Å². The molecule has 1 atom stereocenters. The quantitative estimate of drug-likeness (QED) is 0.849. The van der Waals surface area contributed by atoms with E-state index in [1.807, 2.05) is 61.2 Å². The normalized spacial score (nSPS) is 16.1. The number of urea groups is 1. The molecule has 0 saturated heterocycles. The SMILES string of the molecule is CCNC(=O)Nc1ccc2c(c1)CN(Cc1ccccc1)C(=O)C(CC)O2. The van der Waals surface area contributed by atoms with E-state index in [9.17, 15) is 9.59 Å². The van der Waals surface area contributed by atoms with E-state index in [0.717, 1.165) is 11.1 Å². The molecular formula is C21H25N3O3. The molecule has 1 aliphatic rings. The molecule has 0 aromatic heterocycles. The molecule has 1 aliphatic heterocycles. The number of ether oxygens (including phenoxy) is 1. The molecule has 1 unspecified atom stereocenters. The third-order valence-electron chi connectivity index (χ3n) is 4.46. The summed E-state index contributed by atoms with van der Waals surface area (Å²) in [6, 6.07) is 15.1. The summed E-state index contributed by atoms with van der Waals surface area (Å²) in [5.41, 5.74) is 2.62. The predicted molar refractivity (Wildman–Crippen MR) is 105 cm³/mol. The van der Waals surface area contributed by atoms with Crippen molar-refractivity contribution >= 4 is 17.6 Å². The molecule has 3 amide bonds. The van der Waals surface area contributed by atoms with Crippen LogP contribution in [-0.2, 0) is 17.9 Å². The zero-order valence-corrected chi connectivity index (χ0v) is 15.7. The minimum atomic E-state index is -0.503. The maximum absolute atomic E-state index is 12.9. The van der Waals surface area contributed by atoms with Crippen LogP contribution >= 0.6 is 0 Å². The molecule has 0 bridgehead atoms. The van der Waals surface area contributed by atoms with Gasteiger partial charge < -0.3 is 20.3 Å². The van der Waals surface area contributed by atoms with E-state index >= 15 is 0 Å². The summed E-state index contributed by atoms with van der Waals surface area (Å²) in [5, 5.41) is 5.51. The molecule has 2 aromatic carbocycles. The lowest BCUT2D eigenvalue weighted by Gasteiger charge is -2.23. The molecular weight excluding hydrogens is 342 g/mol. The van der Waals surface area contributed by atoms with Crippen molar-refractivity contribution in [2.24, 2.45) is 0 Å². The summed E-state index contributed by atoms with van der Waals surface area (Å²) in [6.07, 6.45) is 0.0970. The molecule has 6 heteroatoms. The monoisotopic (exact) mass is 367 g/mol. The van der Waals surface area contributed by atoms with E-state index in [0.29, 0.717) is 37.5 Å². The molecule has 1 heterocycles. The van der Waals surface area contributed by atoms with Crippen molar-refractivity contribution in [2.45, 2.75) is 39.5 Å². The predicted octanol–water partition coefficient (Wildman–Crippen LogP) is 3.53. The van der Waals surface area contributed by atoms with Crippen molar-refractivity contribution in [1.82, 2.24) is 10.2 Å². The van der Waals surface area contributed by atoms with Gasteiger partial charge in [-0.25, -0.2) is 4.79 Å². The van der Waals surface area contributed by atoms with Gasteiger partial charge in [0.15, 0.2) is 6.10 Å². The first-order valence-corrected chi connectivity index (χ1v) is 9.27. The van der Waals surface area contributed by atoms with E-state index in [2.05, 4.69) is 10.6 Å². The van der Waals surface area contributed by atoms with E-state index in [1.54, 1.807) is 6.07 Å². The number of rotatable bonds is 5. The molecule has 0 aliphatic carbocycles. The van der Waals surface area contributed by atoms with Crippen LogP contribution in [0, 0.1) is 0 Å². The number of fused-ring (bicyclic) bond motifs is 1. The van der Waals surface area contributed by atoms with Gasteiger partial charge in [-0.05, 0) is 37.1 Å². The number of carbonyl (C=O) groups is 2. The smallest absolute Gasteiger partial charge is 0.319 e. The summed E-state index contributed by atoms with van der Waals surface area (Å²) in [5.74, 6) is 0.669. The van der Waals surface area contributed by atoms with Gasteiger partial charge in [-0.15, -0.1) is 0 Å². The number of benzene rings is 2. The molecule has 0 fully saturated rings. The molecule has 142 valence electrons. The van der Waals surface area contributed by atoms with Crippen molar-refractivity contribution in [1.29, 1.82) is 0 Å². The zero-order valence-electron chi connectivity index (χ0n) is 15.7. The van der Waals surface area contributed by atoms with Crippen LogP contribution in [0.2, 0.25) is 0 Å². The Morgan fingerprint density at radius 2 is 1.96 bits per heavy atom. The molecule has 0 saturated carbocycles. The third kappa shape index (κ3) is 4.58. The van der Waals surface area contributed by atoms with Gasteiger partial charge in [0.1, 0.15) is 5.75 Å². The Kier molecular flexibility index (Phi) is 5.96. The maximum atomic E-state index is 12.9. The Hall–Kier alpha value is -3.02. The van der Waals surface area contributed by atoms with Crippen molar-refractivity contribution < 1.29 is 14.3 Å². The van der Waals surface area contributed by atoms with Crippen LogP contribution < -0.4 is 15.4 Å². The summed E-state index contributed by atoms with van der Waals surface area (Å²) >= 11 is 0. The Balaban J connectivity index is 1.86. The zero-order chi connectivity index (χ0) is 19.2. The highest BCUT2D eigenvalue weighted by atomic mass is 16.5. The second-order valence-electron chi connectivity index (χ2n) is 6.50. The molecule has 0 radical (unpaired) electrons. The van der Waals surface area contributed by atoms with Gasteiger partial charge in [0, 0.05) is 30.9 Å². The minimum Gasteiger partial charge on any atom is -0.480 e. The van der Waals surface area contributed by atoms with Crippen LogP contribution in [0.4, 0.5) is 10.5 Å². The lowest BCUT2D eigenvalue weighted by molar-refractivity contribution is -0.139. The Morgan fingerprint density at radius 1 is 1.19 bits per heavy atom. The Bertz CT molecular complexity index is 808. The van der Waals surface area contributed by atoms with Gasteiger partial charge in [-0.2, -0.15) is 0 Å². The lowest BCUT2D eigenvalue weighted by atomic mass is 10.1. The highest BCUT2D eigenvalue weighted by Gasteiger charge is 2.30. The molecule has 6 nitrogen and oxygen atoms in total. The topological polar surface area (TPSA) is 70.7 Å². The van der Waals surface area contributed by atoms with Crippen molar-refractivity contribution in [3.05, 3.63) is 59.7 Å².